The maximum Gasteiger partial charge on any atom is 0.0446 e. The van der Waals surface area contributed by atoms with E-state index in [9.17, 15) is 0 Å². The highest BCUT2D eigenvalue weighted by atomic mass is 15.1. The van der Waals surface area contributed by atoms with Gasteiger partial charge in [0.15, 0.2) is 0 Å². The van der Waals surface area contributed by atoms with Crippen molar-refractivity contribution in [3.05, 3.63) is 35.9 Å². The highest BCUT2D eigenvalue weighted by Gasteiger charge is 2.39. The van der Waals surface area contributed by atoms with Gasteiger partial charge in [-0.2, -0.15) is 0 Å². The van der Waals surface area contributed by atoms with Crippen molar-refractivity contribution >= 4 is 0 Å². The Morgan fingerprint density at radius 1 is 1.20 bits per heavy atom. The number of fused-ring (bicyclic) bond motifs is 2. The van der Waals surface area contributed by atoms with Crippen LogP contribution in [0.25, 0.3) is 0 Å². The molecular weight excluding hydrogens is 244 g/mol. The lowest BCUT2D eigenvalue weighted by atomic mass is 9.88. The van der Waals surface area contributed by atoms with Crippen molar-refractivity contribution < 1.29 is 0 Å². The predicted octanol–water partition coefficient (Wildman–Crippen LogP) is 3.32. The van der Waals surface area contributed by atoms with Crippen LogP contribution in [0.15, 0.2) is 30.3 Å². The number of benzene rings is 1. The van der Waals surface area contributed by atoms with Gasteiger partial charge in [0.1, 0.15) is 0 Å². The molecule has 2 saturated carbocycles. The van der Waals surface area contributed by atoms with Gasteiger partial charge in [0.05, 0.1) is 0 Å². The normalized spacial score (nSPS) is 30.1. The number of nitrogens with one attached hydrogen (secondary N) is 1. The molecule has 0 radical (unpaired) electrons. The van der Waals surface area contributed by atoms with Crippen LogP contribution in [0.3, 0.4) is 0 Å². The van der Waals surface area contributed by atoms with Crippen molar-refractivity contribution in [2.45, 2.75) is 31.7 Å². The fraction of sp³-hybridized carbons (Fsp3) is 0.667. The number of nitrogens with zero attached hydrogens (tertiary/aromatic N) is 1. The van der Waals surface area contributed by atoms with E-state index in [0.717, 1.165) is 24.3 Å². The fourth-order valence-electron chi connectivity index (χ4n) is 4.44. The minimum Gasteiger partial charge on any atom is -0.312 e. The predicted molar refractivity (Wildman–Crippen MR) is 84.7 cm³/mol. The summed E-state index contributed by atoms with van der Waals surface area (Å²) in [5, 5.41) is 3.47. The first-order valence-corrected chi connectivity index (χ1v) is 8.17. The second kappa shape index (κ2) is 6.28. The molecule has 0 spiro atoms. The number of rotatable bonds is 6. The molecule has 2 heteroatoms. The van der Waals surface area contributed by atoms with E-state index in [0.29, 0.717) is 6.04 Å². The third-order valence-electron chi connectivity index (χ3n) is 5.48. The molecule has 0 aromatic heterocycles. The van der Waals surface area contributed by atoms with Gasteiger partial charge >= 0.3 is 0 Å². The Morgan fingerprint density at radius 3 is 2.60 bits per heavy atom. The molecule has 20 heavy (non-hydrogen) atoms. The molecule has 0 aliphatic heterocycles. The highest BCUT2D eigenvalue weighted by molar-refractivity contribution is 5.19. The summed E-state index contributed by atoms with van der Waals surface area (Å²) in [6.45, 7) is 2.39. The van der Waals surface area contributed by atoms with Crippen molar-refractivity contribution in [1.82, 2.24) is 10.2 Å². The van der Waals surface area contributed by atoms with Crippen molar-refractivity contribution in [3.8, 4) is 0 Å². The summed E-state index contributed by atoms with van der Waals surface area (Å²) >= 11 is 0. The molecule has 2 aliphatic carbocycles. The van der Waals surface area contributed by atoms with Crippen LogP contribution >= 0.6 is 0 Å². The van der Waals surface area contributed by atoms with E-state index >= 15 is 0 Å². The molecule has 4 unspecified atom stereocenters. The molecule has 2 fully saturated rings. The monoisotopic (exact) mass is 272 g/mol. The van der Waals surface area contributed by atoms with Crippen LogP contribution in [0.1, 0.15) is 37.3 Å². The Kier molecular flexibility index (Phi) is 4.42. The lowest BCUT2D eigenvalue weighted by molar-refractivity contribution is 0.206. The summed E-state index contributed by atoms with van der Waals surface area (Å²) < 4.78 is 0. The van der Waals surface area contributed by atoms with E-state index in [1.54, 1.807) is 0 Å². The van der Waals surface area contributed by atoms with Gasteiger partial charge in [0, 0.05) is 19.1 Å². The molecule has 0 saturated heterocycles. The zero-order chi connectivity index (χ0) is 13.9. The molecule has 4 atom stereocenters. The number of hydrogen-bond acceptors (Lipinski definition) is 2. The zero-order valence-corrected chi connectivity index (χ0v) is 12.9. The van der Waals surface area contributed by atoms with Gasteiger partial charge in [-0.25, -0.2) is 0 Å². The molecule has 0 amide bonds. The van der Waals surface area contributed by atoms with Crippen LogP contribution < -0.4 is 5.32 Å². The lowest BCUT2D eigenvalue weighted by Crippen LogP contribution is -2.35. The van der Waals surface area contributed by atoms with Gasteiger partial charge in [0.2, 0.25) is 0 Å². The van der Waals surface area contributed by atoms with E-state index in [1.165, 1.54) is 37.8 Å². The molecule has 110 valence electrons. The molecular formula is C18H28N2. The van der Waals surface area contributed by atoms with Crippen LogP contribution in [0, 0.1) is 17.8 Å². The zero-order valence-electron chi connectivity index (χ0n) is 12.9. The second-order valence-corrected chi connectivity index (χ2v) is 6.91. The number of hydrogen-bond donors (Lipinski definition) is 1. The molecule has 2 bridgehead atoms. The topological polar surface area (TPSA) is 15.3 Å². The maximum atomic E-state index is 3.47. The first-order valence-electron chi connectivity index (χ1n) is 8.17. The summed E-state index contributed by atoms with van der Waals surface area (Å²) in [6, 6.07) is 11.3. The Hall–Kier alpha value is -0.860. The average Bonchev–Trinajstić information content (AvgIpc) is 3.08. The first-order chi connectivity index (χ1) is 9.76. The summed E-state index contributed by atoms with van der Waals surface area (Å²) in [7, 11) is 4.36. The largest absolute Gasteiger partial charge is 0.312 e. The third-order valence-corrected chi connectivity index (χ3v) is 5.48. The summed E-state index contributed by atoms with van der Waals surface area (Å²) in [6.07, 6.45) is 6.02. The summed E-state index contributed by atoms with van der Waals surface area (Å²) in [5.41, 5.74) is 1.40. The summed E-state index contributed by atoms with van der Waals surface area (Å²) in [5.74, 6) is 3.06. The van der Waals surface area contributed by atoms with E-state index in [4.69, 9.17) is 0 Å². The van der Waals surface area contributed by atoms with Crippen molar-refractivity contribution in [1.29, 1.82) is 0 Å². The molecule has 1 N–H and O–H groups in total. The SMILES string of the molecule is CNC(CN(C)CC1CC2CCC1C2)c1ccccc1. The van der Waals surface area contributed by atoms with Gasteiger partial charge in [0.25, 0.3) is 0 Å². The second-order valence-electron chi connectivity index (χ2n) is 6.91. The molecule has 1 aromatic carbocycles. The smallest absolute Gasteiger partial charge is 0.0446 e. The van der Waals surface area contributed by atoms with Crippen molar-refractivity contribution in [2.75, 3.05) is 27.2 Å². The maximum absolute atomic E-state index is 3.47. The van der Waals surface area contributed by atoms with Gasteiger partial charge in [-0.05, 0) is 56.7 Å². The van der Waals surface area contributed by atoms with Crippen molar-refractivity contribution in [3.63, 3.8) is 0 Å². The van der Waals surface area contributed by atoms with Gasteiger partial charge in [-0.1, -0.05) is 36.8 Å². The number of likely N-dealkylation sites (N-methyl/N-ethyl adjacent to an activating group) is 2. The highest BCUT2D eigenvalue weighted by Crippen LogP contribution is 2.48. The van der Waals surface area contributed by atoms with Crippen molar-refractivity contribution in [2.24, 2.45) is 17.8 Å². The van der Waals surface area contributed by atoms with Crippen LogP contribution in [0.2, 0.25) is 0 Å². The minimum absolute atomic E-state index is 0.444. The van der Waals surface area contributed by atoms with E-state index in [1.807, 2.05) is 0 Å². The quantitative estimate of drug-likeness (QED) is 0.854. The molecule has 3 rings (SSSR count). The standard InChI is InChI=1S/C18H28N2/c1-19-18(15-6-4-3-5-7-15)13-20(2)12-17-11-14-8-9-16(17)10-14/h3-7,14,16-19H,8-13H2,1-2H3. The fourth-order valence-corrected chi connectivity index (χ4v) is 4.44. The van der Waals surface area contributed by atoms with Gasteiger partial charge in [-0.3, -0.25) is 0 Å². The minimum atomic E-state index is 0.444. The van der Waals surface area contributed by atoms with E-state index in [-0.39, 0.29) is 0 Å². The van der Waals surface area contributed by atoms with Crippen LogP contribution in [-0.2, 0) is 0 Å². The van der Waals surface area contributed by atoms with E-state index in [2.05, 4.69) is 54.6 Å². The van der Waals surface area contributed by atoms with Gasteiger partial charge < -0.3 is 10.2 Å². The summed E-state index contributed by atoms with van der Waals surface area (Å²) in [4.78, 5) is 2.54. The van der Waals surface area contributed by atoms with Gasteiger partial charge in [-0.15, -0.1) is 0 Å². The Morgan fingerprint density at radius 2 is 2.00 bits per heavy atom. The van der Waals surface area contributed by atoms with Crippen LogP contribution in [-0.4, -0.2) is 32.1 Å². The molecule has 1 aromatic rings. The Bertz CT molecular complexity index is 417. The average molecular weight is 272 g/mol. The molecule has 2 nitrogen and oxygen atoms in total. The van der Waals surface area contributed by atoms with E-state index < -0.39 is 0 Å². The molecule has 2 aliphatic rings. The van der Waals surface area contributed by atoms with Crippen LogP contribution in [0.4, 0.5) is 0 Å². The third kappa shape index (κ3) is 3.07. The first kappa shape index (κ1) is 14.1. The molecule has 0 heterocycles. The Labute approximate surface area is 123 Å². The van der Waals surface area contributed by atoms with Crippen LogP contribution in [0.5, 0.6) is 0 Å². The lowest BCUT2D eigenvalue weighted by Gasteiger charge is -2.30. The Balaban J connectivity index is 1.53.